The molecule has 0 bridgehead atoms. The summed E-state index contributed by atoms with van der Waals surface area (Å²) in [6.07, 6.45) is -4.61. The number of hydrogen-bond donors (Lipinski definition) is 0. The van der Waals surface area contributed by atoms with E-state index in [4.69, 9.17) is 16.3 Å². The van der Waals surface area contributed by atoms with E-state index in [0.717, 1.165) is 6.07 Å². The molecular formula is C9H7ClF3NO3. The van der Waals surface area contributed by atoms with Gasteiger partial charge in [0, 0.05) is 11.6 Å². The van der Waals surface area contributed by atoms with Crippen molar-refractivity contribution < 1.29 is 27.4 Å². The number of alkyl halides is 4. The quantitative estimate of drug-likeness (QED) is 0.622. The summed E-state index contributed by atoms with van der Waals surface area (Å²) < 4.78 is 44.3. The molecule has 0 saturated carbocycles. The number of aromatic nitrogens is 1. The molecule has 1 rings (SSSR count). The molecule has 0 fully saturated rings. The van der Waals surface area contributed by atoms with Crippen LogP contribution in [0.15, 0.2) is 6.07 Å². The zero-order chi connectivity index (χ0) is 13.1. The molecule has 1 heterocycles. The lowest BCUT2D eigenvalue weighted by atomic mass is 10.2. The first-order chi connectivity index (χ1) is 7.91. The molecule has 94 valence electrons. The van der Waals surface area contributed by atoms with Gasteiger partial charge in [0.25, 0.3) is 0 Å². The summed E-state index contributed by atoms with van der Waals surface area (Å²) in [7, 11) is 1.23. The molecule has 0 spiro atoms. The van der Waals surface area contributed by atoms with Gasteiger partial charge in [0.05, 0.1) is 13.0 Å². The Kier molecular flexibility index (Phi) is 4.17. The molecule has 17 heavy (non-hydrogen) atoms. The first-order valence-corrected chi connectivity index (χ1v) is 4.79. The molecule has 4 nitrogen and oxygen atoms in total. The molecule has 1 aromatic heterocycles. The topological polar surface area (TPSA) is 48.4 Å². The summed E-state index contributed by atoms with van der Waals surface area (Å²) >= 11 is 5.54. The number of pyridine rings is 1. The summed E-state index contributed by atoms with van der Waals surface area (Å²) in [6, 6.07) is 0.915. The van der Waals surface area contributed by atoms with Crippen molar-refractivity contribution in [3.8, 4) is 11.6 Å². The van der Waals surface area contributed by atoms with Crippen molar-refractivity contribution >= 4 is 17.9 Å². The molecule has 0 amide bonds. The Labute approximate surface area is 99.3 Å². The molecule has 0 aromatic carbocycles. The van der Waals surface area contributed by atoms with E-state index >= 15 is 0 Å². The molecule has 0 aliphatic carbocycles. The maximum absolute atomic E-state index is 12.0. The monoisotopic (exact) mass is 269 g/mol. The predicted octanol–water partition coefficient (Wildman–Crippen LogP) is 2.54. The van der Waals surface area contributed by atoms with Crippen molar-refractivity contribution in [2.24, 2.45) is 0 Å². The zero-order valence-corrected chi connectivity index (χ0v) is 9.30. The van der Waals surface area contributed by atoms with Gasteiger partial charge >= 0.3 is 6.36 Å². The van der Waals surface area contributed by atoms with Gasteiger partial charge in [0.2, 0.25) is 5.88 Å². The number of carbonyl (C=O) groups excluding carboxylic acids is 1. The normalized spacial score (nSPS) is 11.1. The van der Waals surface area contributed by atoms with E-state index in [1.807, 2.05) is 0 Å². The van der Waals surface area contributed by atoms with Crippen molar-refractivity contribution in [2.75, 3.05) is 7.11 Å². The maximum atomic E-state index is 12.0. The van der Waals surface area contributed by atoms with Crippen LogP contribution in [0.2, 0.25) is 0 Å². The number of rotatable bonds is 4. The van der Waals surface area contributed by atoms with Crippen molar-refractivity contribution in [3.63, 3.8) is 0 Å². The summed E-state index contributed by atoms with van der Waals surface area (Å²) in [6.45, 7) is 0. The van der Waals surface area contributed by atoms with E-state index in [1.54, 1.807) is 0 Å². The van der Waals surface area contributed by atoms with Crippen molar-refractivity contribution in [1.29, 1.82) is 0 Å². The number of aldehydes is 1. The smallest absolute Gasteiger partial charge is 0.496 e. The van der Waals surface area contributed by atoms with Crippen LogP contribution >= 0.6 is 11.6 Å². The first-order valence-electron chi connectivity index (χ1n) is 4.26. The molecule has 0 saturated heterocycles. The van der Waals surface area contributed by atoms with Gasteiger partial charge in [-0.25, -0.2) is 4.98 Å². The number of ether oxygens (including phenoxy) is 2. The SMILES string of the molecule is COc1cc(OC(F)(F)F)nc(C=O)c1CCl. The Bertz CT molecular complexity index is 423. The Hall–Kier alpha value is -1.50. The van der Waals surface area contributed by atoms with Crippen LogP contribution in [-0.2, 0) is 5.88 Å². The van der Waals surface area contributed by atoms with Crippen LogP contribution in [0.25, 0.3) is 0 Å². The Morgan fingerprint density at radius 3 is 2.59 bits per heavy atom. The number of methoxy groups -OCH3 is 1. The number of halogens is 4. The van der Waals surface area contributed by atoms with Crippen LogP contribution in [0.3, 0.4) is 0 Å². The van der Waals surface area contributed by atoms with E-state index in [2.05, 4.69) is 9.72 Å². The lowest BCUT2D eigenvalue weighted by molar-refractivity contribution is -0.276. The molecular weight excluding hydrogens is 263 g/mol. The number of carbonyl (C=O) groups is 1. The summed E-state index contributed by atoms with van der Waals surface area (Å²) in [5, 5.41) is 0. The third kappa shape index (κ3) is 3.48. The fourth-order valence-corrected chi connectivity index (χ4v) is 1.40. The van der Waals surface area contributed by atoms with Crippen LogP contribution in [-0.4, -0.2) is 24.7 Å². The predicted molar refractivity (Wildman–Crippen MR) is 52.4 cm³/mol. The highest BCUT2D eigenvalue weighted by Gasteiger charge is 2.32. The molecule has 0 N–H and O–H groups in total. The molecule has 0 aliphatic heterocycles. The van der Waals surface area contributed by atoms with E-state index < -0.39 is 12.2 Å². The van der Waals surface area contributed by atoms with E-state index in [1.165, 1.54) is 7.11 Å². The van der Waals surface area contributed by atoms with Gasteiger partial charge in [-0.15, -0.1) is 24.8 Å². The van der Waals surface area contributed by atoms with Crippen molar-refractivity contribution in [1.82, 2.24) is 4.98 Å². The van der Waals surface area contributed by atoms with E-state index in [-0.39, 0.29) is 29.2 Å². The highest BCUT2D eigenvalue weighted by molar-refractivity contribution is 6.17. The average Bonchev–Trinajstić information content (AvgIpc) is 2.25. The highest BCUT2D eigenvalue weighted by atomic mass is 35.5. The van der Waals surface area contributed by atoms with Crippen LogP contribution < -0.4 is 9.47 Å². The van der Waals surface area contributed by atoms with Gasteiger partial charge in [-0.2, -0.15) is 0 Å². The van der Waals surface area contributed by atoms with Crippen LogP contribution in [0.4, 0.5) is 13.2 Å². The van der Waals surface area contributed by atoms with Crippen molar-refractivity contribution in [3.05, 3.63) is 17.3 Å². The summed E-state index contributed by atoms with van der Waals surface area (Å²) in [4.78, 5) is 14.0. The Morgan fingerprint density at radius 1 is 1.53 bits per heavy atom. The maximum Gasteiger partial charge on any atom is 0.574 e. The minimum absolute atomic E-state index is 0.0105. The zero-order valence-electron chi connectivity index (χ0n) is 8.55. The number of nitrogens with zero attached hydrogens (tertiary/aromatic N) is 1. The van der Waals surface area contributed by atoms with Gasteiger partial charge < -0.3 is 9.47 Å². The van der Waals surface area contributed by atoms with Gasteiger partial charge in [0.15, 0.2) is 6.29 Å². The van der Waals surface area contributed by atoms with Crippen LogP contribution in [0.1, 0.15) is 16.1 Å². The highest BCUT2D eigenvalue weighted by Crippen LogP contribution is 2.29. The molecule has 1 aromatic rings. The van der Waals surface area contributed by atoms with Gasteiger partial charge in [-0.3, -0.25) is 4.79 Å². The Morgan fingerprint density at radius 2 is 2.18 bits per heavy atom. The lowest BCUT2D eigenvalue weighted by Crippen LogP contribution is -2.18. The van der Waals surface area contributed by atoms with Gasteiger partial charge in [0.1, 0.15) is 11.4 Å². The fourth-order valence-electron chi connectivity index (χ4n) is 1.13. The van der Waals surface area contributed by atoms with Crippen LogP contribution in [0.5, 0.6) is 11.6 Å². The molecule has 0 atom stereocenters. The molecule has 8 heteroatoms. The van der Waals surface area contributed by atoms with Gasteiger partial charge in [-0.1, -0.05) is 0 Å². The molecule has 0 aliphatic rings. The van der Waals surface area contributed by atoms with E-state index in [9.17, 15) is 18.0 Å². The lowest BCUT2D eigenvalue weighted by Gasteiger charge is -2.12. The summed E-state index contributed by atoms with van der Waals surface area (Å²) in [5.74, 6) is -0.877. The molecule has 0 unspecified atom stereocenters. The van der Waals surface area contributed by atoms with Crippen molar-refractivity contribution in [2.45, 2.75) is 12.2 Å². The van der Waals surface area contributed by atoms with Gasteiger partial charge in [-0.05, 0) is 0 Å². The summed E-state index contributed by atoms with van der Waals surface area (Å²) in [5.41, 5.74) is -0.0442. The second-order valence-electron chi connectivity index (χ2n) is 2.83. The minimum Gasteiger partial charge on any atom is -0.496 e. The second-order valence-corrected chi connectivity index (χ2v) is 3.09. The molecule has 0 radical (unpaired) electrons. The van der Waals surface area contributed by atoms with E-state index in [0.29, 0.717) is 0 Å². The largest absolute Gasteiger partial charge is 0.574 e. The third-order valence-corrected chi connectivity index (χ3v) is 2.04. The minimum atomic E-state index is -4.89. The third-order valence-electron chi connectivity index (χ3n) is 1.78. The standard InChI is InChI=1S/C9H7ClF3NO3/c1-16-7-2-8(17-9(11,12)13)14-6(4-15)5(7)3-10/h2,4H,3H2,1H3. The number of hydrogen-bond acceptors (Lipinski definition) is 4. The Balaban J connectivity index is 3.22. The van der Waals surface area contributed by atoms with Crippen LogP contribution in [0, 0.1) is 0 Å². The average molecular weight is 270 g/mol. The first kappa shape index (κ1) is 13.6. The fraction of sp³-hybridized carbons (Fsp3) is 0.333. The second kappa shape index (κ2) is 5.22.